The van der Waals surface area contributed by atoms with E-state index in [4.69, 9.17) is 10.5 Å². The zero-order valence-corrected chi connectivity index (χ0v) is 11.9. The van der Waals surface area contributed by atoms with Crippen molar-refractivity contribution < 1.29 is 4.74 Å². The third kappa shape index (κ3) is 3.73. The van der Waals surface area contributed by atoms with E-state index in [0.29, 0.717) is 5.69 Å². The lowest BCUT2D eigenvalue weighted by atomic mass is 10.2. The quantitative estimate of drug-likeness (QED) is 0.802. The van der Waals surface area contributed by atoms with Crippen molar-refractivity contribution in [2.45, 2.75) is 38.0 Å². The summed E-state index contributed by atoms with van der Waals surface area (Å²) in [4.78, 5) is 0. The van der Waals surface area contributed by atoms with E-state index in [9.17, 15) is 0 Å². The summed E-state index contributed by atoms with van der Waals surface area (Å²) in [6.45, 7) is 5.04. The van der Waals surface area contributed by atoms with E-state index in [1.54, 1.807) is 0 Å². The van der Waals surface area contributed by atoms with Crippen LogP contribution in [0.15, 0.2) is 18.2 Å². The van der Waals surface area contributed by atoms with Gasteiger partial charge in [0, 0.05) is 23.5 Å². The van der Waals surface area contributed by atoms with Gasteiger partial charge in [-0.05, 0) is 44.6 Å². The first-order valence-corrected chi connectivity index (χ1v) is 7.61. The van der Waals surface area contributed by atoms with Crippen LogP contribution in [0, 0.1) is 0 Å². The Bertz CT molecular complexity index is 389. The van der Waals surface area contributed by atoms with Gasteiger partial charge >= 0.3 is 0 Å². The molecule has 1 aliphatic rings. The molecule has 1 fully saturated rings. The second-order valence-electron chi connectivity index (χ2n) is 4.94. The maximum absolute atomic E-state index is 5.90. The van der Waals surface area contributed by atoms with E-state index in [-0.39, 0.29) is 6.10 Å². The summed E-state index contributed by atoms with van der Waals surface area (Å²) in [5.74, 6) is 2.07. The standard InChI is InChI=1S/C14H22N2OS/c1-10(2)17-14-8-11(5-6-13(14)15)16-9-12-4-3-7-18-12/h5-6,8,10,12,16H,3-4,7,9,15H2,1-2H3. The van der Waals surface area contributed by atoms with E-state index in [1.165, 1.54) is 18.6 Å². The molecule has 3 N–H and O–H groups in total. The highest BCUT2D eigenvalue weighted by atomic mass is 32.2. The first-order chi connectivity index (χ1) is 8.65. The molecule has 1 aliphatic heterocycles. The highest BCUT2D eigenvalue weighted by Gasteiger charge is 2.15. The Morgan fingerprint density at radius 2 is 2.33 bits per heavy atom. The van der Waals surface area contributed by atoms with Gasteiger partial charge < -0.3 is 15.8 Å². The molecule has 4 heteroatoms. The summed E-state index contributed by atoms with van der Waals surface area (Å²) < 4.78 is 5.69. The zero-order valence-electron chi connectivity index (χ0n) is 11.1. The molecule has 18 heavy (non-hydrogen) atoms. The van der Waals surface area contributed by atoms with Crippen LogP contribution in [0.1, 0.15) is 26.7 Å². The second kappa shape index (κ2) is 6.23. The van der Waals surface area contributed by atoms with Crippen LogP contribution in [0.5, 0.6) is 5.75 Å². The van der Waals surface area contributed by atoms with Crippen molar-refractivity contribution in [1.82, 2.24) is 0 Å². The van der Waals surface area contributed by atoms with Crippen molar-refractivity contribution in [3.8, 4) is 5.75 Å². The minimum absolute atomic E-state index is 0.146. The smallest absolute Gasteiger partial charge is 0.144 e. The summed E-state index contributed by atoms with van der Waals surface area (Å²) in [7, 11) is 0. The molecule has 0 spiro atoms. The van der Waals surface area contributed by atoms with E-state index < -0.39 is 0 Å². The molecule has 0 aromatic heterocycles. The topological polar surface area (TPSA) is 47.3 Å². The van der Waals surface area contributed by atoms with Crippen molar-refractivity contribution in [2.75, 3.05) is 23.3 Å². The third-order valence-corrected chi connectivity index (χ3v) is 4.33. The number of benzene rings is 1. The Hall–Kier alpha value is -1.03. The number of hydrogen-bond acceptors (Lipinski definition) is 4. The second-order valence-corrected chi connectivity index (χ2v) is 6.34. The number of rotatable bonds is 5. The minimum Gasteiger partial charge on any atom is -0.489 e. The molecule has 1 atom stereocenters. The Morgan fingerprint density at radius 1 is 1.50 bits per heavy atom. The number of ether oxygens (including phenoxy) is 1. The minimum atomic E-state index is 0.146. The van der Waals surface area contributed by atoms with E-state index in [0.717, 1.165) is 23.2 Å². The molecule has 1 aromatic rings. The van der Waals surface area contributed by atoms with Crippen LogP contribution in [0.25, 0.3) is 0 Å². The van der Waals surface area contributed by atoms with Gasteiger partial charge in [-0.2, -0.15) is 11.8 Å². The van der Waals surface area contributed by atoms with Crippen LogP contribution < -0.4 is 15.8 Å². The van der Waals surface area contributed by atoms with Crippen LogP contribution in [-0.2, 0) is 0 Å². The first kappa shape index (κ1) is 13.4. The van der Waals surface area contributed by atoms with Gasteiger partial charge in [0.05, 0.1) is 11.8 Å². The predicted octanol–water partition coefficient (Wildman–Crippen LogP) is 3.36. The number of nitrogen functional groups attached to an aromatic ring is 1. The molecule has 0 radical (unpaired) electrons. The van der Waals surface area contributed by atoms with Gasteiger partial charge in [-0.15, -0.1) is 0 Å². The SMILES string of the molecule is CC(C)Oc1cc(NCC2CCCS2)ccc1N. The van der Waals surface area contributed by atoms with Crippen LogP contribution in [-0.4, -0.2) is 23.7 Å². The van der Waals surface area contributed by atoms with E-state index in [2.05, 4.69) is 17.1 Å². The lowest BCUT2D eigenvalue weighted by Crippen LogP contribution is -2.14. The molecular weight excluding hydrogens is 244 g/mol. The van der Waals surface area contributed by atoms with Gasteiger partial charge in [0.2, 0.25) is 0 Å². The molecule has 0 saturated carbocycles. The number of thioether (sulfide) groups is 1. The van der Waals surface area contributed by atoms with Gasteiger partial charge in [-0.1, -0.05) is 0 Å². The van der Waals surface area contributed by atoms with Crippen molar-refractivity contribution in [1.29, 1.82) is 0 Å². The maximum Gasteiger partial charge on any atom is 0.144 e. The molecule has 3 nitrogen and oxygen atoms in total. The van der Waals surface area contributed by atoms with Crippen LogP contribution in [0.4, 0.5) is 11.4 Å². The molecule has 1 aromatic carbocycles. The van der Waals surface area contributed by atoms with Gasteiger partial charge in [0.1, 0.15) is 5.75 Å². The molecule has 1 saturated heterocycles. The number of nitrogens with two attached hydrogens (primary N) is 1. The van der Waals surface area contributed by atoms with E-state index in [1.807, 2.05) is 32.0 Å². The monoisotopic (exact) mass is 266 g/mol. The highest BCUT2D eigenvalue weighted by Crippen LogP contribution is 2.29. The predicted molar refractivity (Wildman–Crippen MR) is 80.6 cm³/mol. The van der Waals surface area contributed by atoms with E-state index >= 15 is 0 Å². The average molecular weight is 266 g/mol. The summed E-state index contributed by atoms with van der Waals surface area (Å²) in [6.07, 6.45) is 2.82. The highest BCUT2D eigenvalue weighted by molar-refractivity contribution is 8.00. The molecule has 2 rings (SSSR count). The van der Waals surface area contributed by atoms with Gasteiger partial charge in [-0.3, -0.25) is 0 Å². The fourth-order valence-electron chi connectivity index (χ4n) is 2.04. The van der Waals surface area contributed by atoms with Crippen molar-refractivity contribution in [3.63, 3.8) is 0 Å². The molecular formula is C14H22N2OS. The van der Waals surface area contributed by atoms with Crippen LogP contribution in [0.2, 0.25) is 0 Å². The maximum atomic E-state index is 5.90. The summed E-state index contributed by atoms with van der Waals surface area (Å²) in [5, 5.41) is 4.22. The Balaban J connectivity index is 1.95. The average Bonchev–Trinajstić information content (AvgIpc) is 2.82. The van der Waals surface area contributed by atoms with Crippen molar-refractivity contribution in [2.24, 2.45) is 0 Å². The zero-order chi connectivity index (χ0) is 13.0. The lowest BCUT2D eigenvalue weighted by Gasteiger charge is -2.15. The number of anilines is 2. The Morgan fingerprint density at radius 3 is 3.00 bits per heavy atom. The number of hydrogen-bond donors (Lipinski definition) is 2. The van der Waals surface area contributed by atoms with Crippen molar-refractivity contribution >= 4 is 23.1 Å². The molecule has 0 aliphatic carbocycles. The number of nitrogens with one attached hydrogen (secondary N) is 1. The fraction of sp³-hybridized carbons (Fsp3) is 0.571. The normalized spacial score (nSPS) is 19.2. The molecule has 0 bridgehead atoms. The van der Waals surface area contributed by atoms with Crippen LogP contribution >= 0.6 is 11.8 Å². The summed E-state index contributed by atoms with van der Waals surface area (Å²) in [6, 6.07) is 5.92. The molecule has 100 valence electrons. The van der Waals surface area contributed by atoms with Crippen LogP contribution in [0.3, 0.4) is 0 Å². The Labute approximate surface area is 113 Å². The fourth-order valence-corrected chi connectivity index (χ4v) is 3.24. The van der Waals surface area contributed by atoms with Gasteiger partial charge in [-0.25, -0.2) is 0 Å². The van der Waals surface area contributed by atoms with Gasteiger partial charge in [0.25, 0.3) is 0 Å². The lowest BCUT2D eigenvalue weighted by molar-refractivity contribution is 0.244. The third-order valence-electron chi connectivity index (χ3n) is 2.93. The van der Waals surface area contributed by atoms with Crippen molar-refractivity contribution in [3.05, 3.63) is 18.2 Å². The summed E-state index contributed by atoms with van der Waals surface area (Å²) >= 11 is 2.06. The first-order valence-electron chi connectivity index (χ1n) is 6.57. The molecule has 0 amide bonds. The largest absolute Gasteiger partial charge is 0.489 e. The Kier molecular flexibility index (Phi) is 4.64. The summed E-state index contributed by atoms with van der Waals surface area (Å²) in [5.41, 5.74) is 7.69. The molecule has 1 heterocycles. The van der Waals surface area contributed by atoms with Gasteiger partial charge in [0.15, 0.2) is 0 Å². The molecule has 1 unspecified atom stereocenters.